The fourth-order valence-corrected chi connectivity index (χ4v) is 1.02. The molecule has 2 aromatic rings. The van der Waals surface area contributed by atoms with Crippen LogP contribution in [0.2, 0.25) is 0 Å². The fraction of sp³-hybridized carbons (Fsp3) is 0.111. The van der Waals surface area contributed by atoms with Gasteiger partial charge in [0.1, 0.15) is 12.0 Å². The van der Waals surface area contributed by atoms with Crippen LogP contribution >= 0.6 is 0 Å². The summed E-state index contributed by atoms with van der Waals surface area (Å²) in [5, 5.41) is 0. The summed E-state index contributed by atoms with van der Waals surface area (Å²) in [7, 11) is 0. The summed E-state index contributed by atoms with van der Waals surface area (Å²) in [5.41, 5.74) is 1.90. The Bertz CT molecular complexity index is 364. The molecule has 0 aliphatic heterocycles. The number of aromatic amines is 1. The number of rotatable bonds is 1. The molecule has 0 saturated heterocycles. The standard InChI is InChI=1S/C9H8N3/c1-7-11-6-9(12-7)8-3-2-4-10-5-8/h2-5H,1H3,(H,11,12). The predicted molar refractivity (Wildman–Crippen MR) is 45.4 cm³/mol. The third-order valence-electron chi connectivity index (χ3n) is 1.59. The lowest BCUT2D eigenvalue weighted by molar-refractivity contribution is 1.15. The van der Waals surface area contributed by atoms with Crippen molar-refractivity contribution in [1.82, 2.24) is 15.0 Å². The molecule has 0 amide bonds. The van der Waals surface area contributed by atoms with Crippen LogP contribution in [-0.2, 0) is 0 Å². The van der Waals surface area contributed by atoms with Gasteiger partial charge in [0, 0.05) is 18.0 Å². The van der Waals surface area contributed by atoms with Crippen molar-refractivity contribution < 1.29 is 0 Å². The first kappa shape index (κ1) is 7.03. The molecule has 0 saturated carbocycles. The van der Waals surface area contributed by atoms with Crippen LogP contribution in [0.25, 0.3) is 11.3 Å². The zero-order valence-electron chi connectivity index (χ0n) is 6.70. The second-order valence-corrected chi connectivity index (χ2v) is 2.55. The number of hydrogen-bond acceptors (Lipinski definition) is 2. The highest BCUT2D eigenvalue weighted by atomic mass is 14.9. The average Bonchev–Trinajstić information content (AvgIpc) is 2.54. The molecule has 3 heteroatoms. The van der Waals surface area contributed by atoms with E-state index in [9.17, 15) is 0 Å². The second-order valence-electron chi connectivity index (χ2n) is 2.55. The molecule has 0 fully saturated rings. The summed E-state index contributed by atoms with van der Waals surface area (Å²) in [6.45, 7) is 1.90. The van der Waals surface area contributed by atoms with Gasteiger partial charge >= 0.3 is 0 Å². The molecule has 1 radical (unpaired) electrons. The lowest BCUT2D eigenvalue weighted by atomic mass is 10.2. The highest BCUT2D eigenvalue weighted by molar-refractivity contribution is 5.55. The number of nitrogens with one attached hydrogen (secondary N) is 1. The van der Waals surface area contributed by atoms with E-state index in [1.807, 2.05) is 19.1 Å². The molecule has 2 rings (SSSR count). The quantitative estimate of drug-likeness (QED) is 0.684. The highest BCUT2D eigenvalue weighted by Gasteiger charge is 1.99. The Labute approximate surface area is 70.5 Å². The fourth-order valence-electron chi connectivity index (χ4n) is 1.02. The molecule has 0 bridgehead atoms. The monoisotopic (exact) mass is 158 g/mol. The van der Waals surface area contributed by atoms with Gasteiger partial charge in [-0.2, -0.15) is 0 Å². The lowest BCUT2D eigenvalue weighted by Crippen LogP contribution is -1.78. The molecule has 0 spiro atoms. The minimum atomic E-state index is 0.869. The van der Waals surface area contributed by atoms with E-state index in [-0.39, 0.29) is 0 Å². The van der Waals surface area contributed by atoms with E-state index in [0.717, 1.165) is 17.1 Å². The van der Waals surface area contributed by atoms with E-state index in [4.69, 9.17) is 0 Å². The zero-order valence-corrected chi connectivity index (χ0v) is 6.70. The Kier molecular flexibility index (Phi) is 1.63. The van der Waals surface area contributed by atoms with Crippen molar-refractivity contribution in [2.75, 3.05) is 0 Å². The Morgan fingerprint density at radius 1 is 1.50 bits per heavy atom. The topological polar surface area (TPSA) is 41.6 Å². The number of aryl methyl sites for hydroxylation is 1. The molecule has 2 aromatic heterocycles. The summed E-state index contributed by atoms with van der Waals surface area (Å²) in [4.78, 5) is 11.1. The molecule has 0 aliphatic rings. The molecule has 1 N–H and O–H groups in total. The molecule has 59 valence electrons. The van der Waals surface area contributed by atoms with Crippen molar-refractivity contribution in [2.24, 2.45) is 0 Å². The van der Waals surface area contributed by atoms with E-state index < -0.39 is 0 Å². The van der Waals surface area contributed by atoms with Crippen molar-refractivity contribution >= 4 is 0 Å². The first-order valence-corrected chi connectivity index (χ1v) is 3.71. The molecule has 2 heterocycles. The number of nitrogens with zero attached hydrogens (tertiary/aromatic N) is 2. The van der Waals surface area contributed by atoms with Crippen molar-refractivity contribution in [3.8, 4) is 11.3 Å². The maximum atomic E-state index is 4.00. The van der Waals surface area contributed by atoms with Gasteiger partial charge in [-0.25, -0.2) is 4.98 Å². The third kappa shape index (κ3) is 1.21. The van der Waals surface area contributed by atoms with Gasteiger partial charge in [0.25, 0.3) is 0 Å². The van der Waals surface area contributed by atoms with Gasteiger partial charge in [0.05, 0.1) is 5.69 Å². The van der Waals surface area contributed by atoms with Crippen LogP contribution in [0.4, 0.5) is 0 Å². The van der Waals surface area contributed by atoms with Crippen LogP contribution in [0.3, 0.4) is 0 Å². The summed E-state index contributed by atoms with van der Waals surface area (Å²) in [6, 6.07) is 3.86. The molecular weight excluding hydrogens is 150 g/mol. The number of aromatic nitrogens is 3. The van der Waals surface area contributed by atoms with Crippen molar-refractivity contribution in [1.29, 1.82) is 0 Å². The lowest BCUT2D eigenvalue weighted by Gasteiger charge is -1.92. The first-order valence-electron chi connectivity index (χ1n) is 3.71. The van der Waals surface area contributed by atoms with Crippen LogP contribution < -0.4 is 0 Å². The van der Waals surface area contributed by atoms with Crippen LogP contribution in [0.15, 0.2) is 24.5 Å². The SMILES string of the molecule is Cc1n[c]c(-c2cccnc2)[nH]1. The van der Waals surface area contributed by atoms with Crippen LogP contribution in [0, 0.1) is 13.1 Å². The van der Waals surface area contributed by atoms with Crippen LogP contribution in [0.5, 0.6) is 0 Å². The molecule has 0 aromatic carbocycles. The number of hydrogen-bond donors (Lipinski definition) is 1. The van der Waals surface area contributed by atoms with Crippen molar-refractivity contribution in [3.63, 3.8) is 0 Å². The summed E-state index contributed by atoms with van der Waals surface area (Å²) < 4.78 is 0. The second kappa shape index (κ2) is 2.77. The van der Waals surface area contributed by atoms with Crippen molar-refractivity contribution in [2.45, 2.75) is 6.92 Å². The Morgan fingerprint density at radius 3 is 3.00 bits per heavy atom. The summed E-state index contributed by atoms with van der Waals surface area (Å²) in [6.07, 6.45) is 6.40. The zero-order chi connectivity index (χ0) is 8.39. The molecule has 12 heavy (non-hydrogen) atoms. The first-order chi connectivity index (χ1) is 5.86. The maximum absolute atomic E-state index is 4.00. The van der Waals surface area contributed by atoms with Gasteiger partial charge in [-0.1, -0.05) is 0 Å². The normalized spacial score (nSPS) is 10.1. The van der Waals surface area contributed by atoms with Gasteiger partial charge in [0.2, 0.25) is 0 Å². The van der Waals surface area contributed by atoms with E-state index in [0.29, 0.717) is 0 Å². The molecule has 0 atom stereocenters. The minimum Gasteiger partial charge on any atom is -0.342 e. The molecular formula is C9H8N3. The summed E-state index contributed by atoms with van der Waals surface area (Å²) in [5.74, 6) is 0.869. The van der Waals surface area contributed by atoms with E-state index >= 15 is 0 Å². The molecule has 3 nitrogen and oxygen atoms in total. The van der Waals surface area contributed by atoms with Gasteiger partial charge in [-0.15, -0.1) is 0 Å². The molecule has 0 aliphatic carbocycles. The van der Waals surface area contributed by atoms with E-state index in [1.165, 1.54) is 0 Å². The minimum absolute atomic E-state index is 0.869. The van der Waals surface area contributed by atoms with Crippen LogP contribution in [0.1, 0.15) is 5.82 Å². The van der Waals surface area contributed by atoms with Gasteiger partial charge < -0.3 is 4.98 Å². The summed E-state index contributed by atoms with van der Waals surface area (Å²) >= 11 is 0. The van der Waals surface area contributed by atoms with Gasteiger partial charge in [0.15, 0.2) is 0 Å². The van der Waals surface area contributed by atoms with E-state index in [1.54, 1.807) is 12.4 Å². The van der Waals surface area contributed by atoms with Crippen molar-refractivity contribution in [3.05, 3.63) is 36.5 Å². The number of pyridine rings is 1. The third-order valence-corrected chi connectivity index (χ3v) is 1.59. The Balaban J connectivity index is 2.45. The largest absolute Gasteiger partial charge is 0.342 e. The van der Waals surface area contributed by atoms with Crippen LogP contribution in [-0.4, -0.2) is 15.0 Å². The maximum Gasteiger partial charge on any atom is 0.117 e. The predicted octanol–water partition coefficient (Wildman–Crippen LogP) is 1.58. The molecule has 0 unspecified atom stereocenters. The van der Waals surface area contributed by atoms with Gasteiger partial charge in [-0.05, 0) is 19.1 Å². The highest BCUT2D eigenvalue weighted by Crippen LogP contribution is 2.13. The number of imidazole rings is 1. The Hall–Kier alpha value is -1.64. The number of H-pyrrole nitrogens is 1. The Morgan fingerprint density at radius 2 is 2.42 bits per heavy atom. The van der Waals surface area contributed by atoms with Gasteiger partial charge in [-0.3, -0.25) is 4.98 Å². The van der Waals surface area contributed by atoms with E-state index in [2.05, 4.69) is 21.1 Å². The average molecular weight is 158 g/mol. The smallest absolute Gasteiger partial charge is 0.117 e.